The summed E-state index contributed by atoms with van der Waals surface area (Å²) in [7, 11) is 7.86. The third-order valence-corrected chi connectivity index (χ3v) is 13.3. The van der Waals surface area contributed by atoms with Crippen molar-refractivity contribution in [3.8, 4) is 28.7 Å². The Hall–Kier alpha value is -4.51. The molecule has 2 aromatic rings. The lowest BCUT2D eigenvalue weighted by atomic mass is 10.0. The SMILES string of the molecule is CCCCOCCOCCOCCOc1c(OCCOCCOCCOC(=O)CCCN(C)C)cc(C(=O)NCc2cc(OCC(CC)CCCC)cc(OCC(CC)CCCC)c2)cc1OCCOCCOCCOC(=O)CCCN(C)C. The van der Waals surface area contributed by atoms with Gasteiger partial charge in [-0.2, -0.15) is 0 Å². The Balaban J connectivity index is 2.30. The fourth-order valence-corrected chi connectivity index (χ4v) is 8.18. The van der Waals surface area contributed by atoms with Crippen molar-refractivity contribution in [2.75, 3.05) is 180 Å². The monoisotopic (exact) mass is 1190 g/mol. The molecule has 0 spiro atoms. The van der Waals surface area contributed by atoms with E-state index in [4.69, 9.17) is 66.3 Å². The summed E-state index contributed by atoms with van der Waals surface area (Å²) >= 11 is 0. The van der Waals surface area contributed by atoms with Crippen LogP contribution in [0.2, 0.25) is 0 Å². The molecule has 484 valence electrons. The summed E-state index contributed by atoms with van der Waals surface area (Å²) in [6.07, 6.45) is 13.1. The Morgan fingerprint density at radius 2 is 0.810 bits per heavy atom. The van der Waals surface area contributed by atoms with Gasteiger partial charge < -0.3 is 81.4 Å². The summed E-state index contributed by atoms with van der Waals surface area (Å²) in [6.45, 7) is 19.4. The molecule has 2 aromatic carbocycles. The summed E-state index contributed by atoms with van der Waals surface area (Å²) in [6, 6.07) is 9.15. The van der Waals surface area contributed by atoms with E-state index >= 15 is 0 Å². The quantitative estimate of drug-likeness (QED) is 0.0484. The maximum atomic E-state index is 14.3. The number of amides is 1. The van der Waals surface area contributed by atoms with Crippen LogP contribution in [0.3, 0.4) is 0 Å². The van der Waals surface area contributed by atoms with E-state index < -0.39 is 0 Å². The second kappa shape index (κ2) is 51.7. The summed E-state index contributed by atoms with van der Waals surface area (Å²) in [5.74, 6) is 2.20. The first-order chi connectivity index (χ1) is 40.9. The number of hydrogen-bond donors (Lipinski definition) is 1. The van der Waals surface area contributed by atoms with Crippen molar-refractivity contribution in [1.82, 2.24) is 15.1 Å². The van der Waals surface area contributed by atoms with Gasteiger partial charge in [-0.15, -0.1) is 0 Å². The molecule has 0 saturated heterocycles. The first-order valence-electron chi connectivity index (χ1n) is 31.3. The molecule has 1 N–H and O–H groups in total. The van der Waals surface area contributed by atoms with Gasteiger partial charge in [-0.25, -0.2) is 0 Å². The van der Waals surface area contributed by atoms with Crippen LogP contribution in [0.15, 0.2) is 30.3 Å². The van der Waals surface area contributed by atoms with E-state index in [1.807, 2.05) is 56.2 Å². The van der Waals surface area contributed by atoms with Crippen molar-refractivity contribution in [3.63, 3.8) is 0 Å². The minimum atomic E-state index is -0.374. The lowest BCUT2D eigenvalue weighted by Gasteiger charge is -2.20. The molecule has 1 amide bonds. The number of rotatable bonds is 58. The van der Waals surface area contributed by atoms with Crippen LogP contribution in [0.4, 0.5) is 0 Å². The Kier molecular flexibility index (Phi) is 46.5. The molecule has 2 rings (SSSR count). The Morgan fingerprint density at radius 3 is 1.20 bits per heavy atom. The normalized spacial score (nSPS) is 12.1. The average molecular weight is 1190 g/mol. The zero-order valence-electron chi connectivity index (χ0n) is 53.2. The van der Waals surface area contributed by atoms with E-state index in [-0.39, 0.29) is 140 Å². The minimum Gasteiger partial charge on any atom is -0.493 e. The van der Waals surface area contributed by atoms with E-state index in [2.05, 4.69) is 39.9 Å². The van der Waals surface area contributed by atoms with Crippen LogP contribution in [-0.4, -0.2) is 208 Å². The molecule has 20 heteroatoms. The topological polar surface area (TPSA) is 199 Å². The van der Waals surface area contributed by atoms with Gasteiger partial charge in [0.1, 0.15) is 44.5 Å². The van der Waals surface area contributed by atoms with Crippen molar-refractivity contribution in [1.29, 1.82) is 0 Å². The molecule has 2 atom stereocenters. The van der Waals surface area contributed by atoms with Gasteiger partial charge in [0.25, 0.3) is 5.91 Å². The number of carbonyl (C=O) groups excluding carboxylic acids is 3. The predicted molar refractivity (Wildman–Crippen MR) is 326 cm³/mol. The highest BCUT2D eigenvalue weighted by Crippen LogP contribution is 2.39. The second-order valence-electron chi connectivity index (χ2n) is 21.2. The zero-order chi connectivity index (χ0) is 61.1. The molecule has 0 aliphatic heterocycles. The number of carbonyl (C=O) groups is 3. The van der Waals surface area contributed by atoms with Crippen molar-refractivity contribution < 1.29 is 80.7 Å². The van der Waals surface area contributed by atoms with Crippen LogP contribution in [0, 0.1) is 11.8 Å². The molecule has 0 aliphatic rings. The van der Waals surface area contributed by atoms with Crippen LogP contribution in [0.5, 0.6) is 28.7 Å². The standard InChI is InChI=1S/C64H111N3O17/c1-10-15-20-53(13-4)51-83-57-45-55(46-58(49-57)84-52-54(14-5)21-16-11-2)50-65-64(70)56-47-59(78-40-35-73-31-33-75-37-42-80-61(68)22-18-24-66(6)7)63(82-44-39-77-30-29-72-28-27-71-26-17-12-3)60(48-56)79-41-36-74-32-34-76-38-43-81-62(69)23-19-25-67(8)9/h45-49,53-54H,10-44,50-52H2,1-9H3,(H,65,70). The fraction of sp³-hybridized carbons (Fsp3) is 0.766. The van der Waals surface area contributed by atoms with Gasteiger partial charge in [0, 0.05) is 37.6 Å². The molecule has 0 bridgehead atoms. The average Bonchev–Trinajstić information content (AvgIpc) is 3.47. The molecule has 84 heavy (non-hydrogen) atoms. The lowest BCUT2D eigenvalue weighted by Crippen LogP contribution is -2.23. The van der Waals surface area contributed by atoms with Crippen molar-refractivity contribution in [3.05, 3.63) is 41.5 Å². The maximum Gasteiger partial charge on any atom is 0.305 e. The molecule has 20 nitrogen and oxygen atoms in total. The number of unbranched alkanes of at least 4 members (excludes halogenated alkanes) is 3. The van der Waals surface area contributed by atoms with E-state index in [0.717, 1.165) is 102 Å². The molecule has 0 heterocycles. The Morgan fingerprint density at radius 1 is 0.429 bits per heavy atom. The highest BCUT2D eigenvalue weighted by atomic mass is 16.6. The smallest absolute Gasteiger partial charge is 0.305 e. The van der Waals surface area contributed by atoms with E-state index in [0.29, 0.717) is 75.8 Å². The molecule has 0 fully saturated rings. The van der Waals surface area contributed by atoms with E-state index in [1.54, 1.807) is 12.1 Å². The Bertz CT molecular complexity index is 1840. The zero-order valence-corrected chi connectivity index (χ0v) is 53.2. The van der Waals surface area contributed by atoms with Gasteiger partial charge in [-0.05, 0) is 115 Å². The van der Waals surface area contributed by atoms with E-state index in [1.165, 1.54) is 0 Å². The molecular weight excluding hydrogens is 1080 g/mol. The van der Waals surface area contributed by atoms with Crippen LogP contribution in [0.1, 0.15) is 140 Å². The fourth-order valence-electron chi connectivity index (χ4n) is 8.18. The minimum absolute atomic E-state index is 0.102. The molecule has 0 saturated carbocycles. The highest BCUT2D eigenvalue weighted by Gasteiger charge is 2.21. The van der Waals surface area contributed by atoms with Crippen molar-refractivity contribution in [2.24, 2.45) is 11.8 Å². The second-order valence-corrected chi connectivity index (χ2v) is 21.2. The summed E-state index contributed by atoms with van der Waals surface area (Å²) in [5, 5.41) is 3.12. The first kappa shape index (κ1) is 75.6. The van der Waals surface area contributed by atoms with Crippen LogP contribution in [-0.2, 0) is 58.8 Å². The maximum absolute atomic E-state index is 14.3. The molecule has 2 unspecified atom stereocenters. The van der Waals surface area contributed by atoms with E-state index in [9.17, 15) is 14.4 Å². The molecular formula is C64H111N3O17. The highest BCUT2D eigenvalue weighted by molar-refractivity contribution is 5.95. The first-order valence-corrected chi connectivity index (χ1v) is 31.3. The van der Waals surface area contributed by atoms with Crippen molar-refractivity contribution >= 4 is 17.8 Å². The van der Waals surface area contributed by atoms with Gasteiger partial charge in [0.2, 0.25) is 5.75 Å². The number of nitrogens with one attached hydrogen (secondary N) is 1. The summed E-state index contributed by atoms with van der Waals surface area (Å²) < 4.78 is 82.5. The molecule has 0 aliphatic carbocycles. The number of nitrogens with zero attached hydrogens (tertiary/aromatic N) is 2. The lowest BCUT2D eigenvalue weighted by molar-refractivity contribution is -0.146. The third-order valence-electron chi connectivity index (χ3n) is 13.3. The number of esters is 2. The third kappa shape index (κ3) is 40.0. The predicted octanol–water partition coefficient (Wildman–Crippen LogP) is 9.63. The molecule has 0 aromatic heterocycles. The number of benzene rings is 2. The van der Waals surface area contributed by atoms with Crippen LogP contribution < -0.4 is 29.0 Å². The summed E-state index contributed by atoms with van der Waals surface area (Å²) in [4.78, 5) is 42.4. The van der Waals surface area contributed by atoms with Gasteiger partial charge in [0.15, 0.2) is 11.5 Å². The largest absolute Gasteiger partial charge is 0.493 e. The van der Waals surface area contributed by atoms with Gasteiger partial charge in [-0.1, -0.05) is 79.6 Å². The van der Waals surface area contributed by atoms with Gasteiger partial charge in [0.05, 0.1) is 99.1 Å². The van der Waals surface area contributed by atoms with Crippen LogP contribution in [0.25, 0.3) is 0 Å². The number of hydrogen-bond acceptors (Lipinski definition) is 19. The number of ether oxygens (including phenoxy) is 14. The summed E-state index contributed by atoms with van der Waals surface area (Å²) in [5.41, 5.74) is 1.10. The Labute approximate surface area is 505 Å². The van der Waals surface area contributed by atoms with Crippen molar-refractivity contribution in [2.45, 2.75) is 131 Å². The van der Waals surface area contributed by atoms with Gasteiger partial charge in [-0.3, -0.25) is 14.4 Å². The van der Waals surface area contributed by atoms with Gasteiger partial charge >= 0.3 is 11.9 Å². The molecule has 0 radical (unpaired) electrons. The van der Waals surface area contributed by atoms with Crippen LogP contribution >= 0.6 is 0 Å².